The topological polar surface area (TPSA) is 156 Å². The number of rotatable bonds is 4. The second-order valence-corrected chi connectivity index (χ2v) is 3.83. The van der Waals surface area contributed by atoms with Crippen molar-refractivity contribution in [2.45, 2.75) is 13.0 Å². The number of hydrogen-bond acceptors (Lipinski definition) is 8. The summed E-state index contributed by atoms with van der Waals surface area (Å²) in [6.07, 6.45) is 0. The minimum Gasteiger partial charge on any atom is -0.393 e. The molecule has 0 fully saturated rings. The number of carbonyl (C=O) groups excluding carboxylic acids is 3. The third kappa shape index (κ3) is 3.36. The van der Waals surface area contributed by atoms with Gasteiger partial charge in [-0.1, -0.05) is 0 Å². The summed E-state index contributed by atoms with van der Waals surface area (Å²) in [6, 6.07) is 1.56. The molecule has 0 aliphatic heterocycles. The van der Waals surface area contributed by atoms with Crippen LogP contribution in [0.25, 0.3) is 0 Å². The molecule has 1 atom stereocenters. The number of Topliss-reactive ketones (excluding diaryl/α,β-unsaturated/α-hetero) is 1. The quantitative estimate of drug-likeness (QED) is 0.252. The van der Waals surface area contributed by atoms with E-state index in [0.29, 0.717) is 0 Å². The monoisotopic (exact) mass is 281 g/mol. The molecule has 0 aliphatic rings. The van der Waals surface area contributed by atoms with Crippen LogP contribution in [0.4, 0.5) is 11.4 Å². The molecular weight excluding hydrogens is 270 g/mol. The van der Waals surface area contributed by atoms with E-state index in [9.17, 15) is 24.5 Å². The van der Waals surface area contributed by atoms with Gasteiger partial charge >= 0.3 is 11.9 Å². The van der Waals surface area contributed by atoms with Crippen molar-refractivity contribution in [1.29, 1.82) is 0 Å². The van der Waals surface area contributed by atoms with Crippen LogP contribution in [0.3, 0.4) is 0 Å². The first-order chi connectivity index (χ1) is 9.23. The number of esters is 2. The van der Waals surface area contributed by atoms with Gasteiger partial charge < -0.3 is 16.2 Å². The lowest BCUT2D eigenvalue weighted by atomic mass is 10.1. The summed E-state index contributed by atoms with van der Waals surface area (Å²) in [5, 5.41) is 10.7. The van der Waals surface area contributed by atoms with Gasteiger partial charge in [-0.05, 0) is 19.1 Å². The van der Waals surface area contributed by atoms with Crippen LogP contribution in [-0.2, 0) is 14.3 Å². The molecule has 1 unspecified atom stereocenters. The number of benzene rings is 1. The Morgan fingerprint density at radius 1 is 1.35 bits per heavy atom. The predicted molar refractivity (Wildman–Crippen MR) is 66.6 cm³/mol. The number of nitro benzene ring substituents is 1. The van der Waals surface area contributed by atoms with Crippen LogP contribution in [0, 0.1) is 10.1 Å². The van der Waals surface area contributed by atoms with Crippen molar-refractivity contribution in [1.82, 2.24) is 0 Å². The maximum absolute atomic E-state index is 11.6. The molecular formula is C11H11N3O6. The predicted octanol–water partition coefficient (Wildman–Crippen LogP) is -0.223. The molecule has 0 saturated carbocycles. The Kier molecular flexibility index (Phi) is 4.49. The minimum absolute atomic E-state index is 0.140. The molecule has 0 heterocycles. The van der Waals surface area contributed by atoms with E-state index < -0.39 is 34.4 Å². The average molecular weight is 281 g/mol. The number of nitrogens with zero attached hydrogens (tertiary/aromatic N) is 1. The second-order valence-electron chi connectivity index (χ2n) is 3.83. The molecule has 4 N–H and O–H groups in total. The normalized spacial score (nSPS) is 11.5. The standard InChI is InChI=1S/C11H11N3O6/c1-5(15)9(13)11(17)20-10(16)6-2-3-7(12)8(4-6)14(18)19/h2-4,9H,12-13H2,1H3. The molecule has 9 nitrogen and oxygen atoms in total. The third-order valence-electron chi connectivity index (χ3n) is 2.35. The Labute approximate surface area is 112 Å². The van der Waals surface area contributed by atoms with Crippen LogP contribution in [-0.4, -0.2) is 28.7 Å². The zero-order valence-corrected chi connectivity index (χ0v) is 10.4. The SMILES string of the molecule is CC(=O)C(N)C(=O)OC(=O)c1ccc(N)c([N+](=O)[O-])c1. The number of carbonyl (C=O) groups is 3. The van der Waals surface area contributed by atoms with Crippen LogP contribution in [0.1, 0.15) is 17.3 Å². The fraction of sp³-hybridized carbons (Fsp3) is 0.182. The summed E-state index contributed by atoms with van der Waals surface area (Å²) < 4.78 is 4.35. The Balaban J connectivity index is 2.94. The van der Waals surface area contributed by atoms with Crippen molar-refractivity contribution in [3.8, 4) is 0 Å². The smallest absolute Gasteiger partial charge is 0.346 e. The number of nitro groups is 1. The van der Waals surface area contributed by atoms with Gasteiger partial charge in [0, 0.05) is 6.07 Å². The van der Waals surface area contributed by atoms with Gasteiger partial charge in [-0.3, -0.25) is 14.9 Å². The Morgan fingerprint density at radius 2 is 1.95 bits per heavy atom. The summed E-state index contributed by atoms with van der Waals surface area (Å²) in [5.74, 6) is -3.07. The van der Waals surface area contributed by atoms with E-state index in [1.807, 2.05) is 0 Å². The van der Waals surface area contributed by atoms with E-state index in [4.69, 9.17) is 11.5 Å². The Morgan fingerprint density at radius 3 is 2.45 bits per heavy atom. The van der Waals surface area contributed by atoms with Crippen LogP contribution < -0.4 is 11.5 Å². The van der Waals surface area contributed by atoms with Gasteiger partial charge in [0.05, 0.1) is 10.5 Å². The van der Waals surface area contributed by atoms with Crippen molar-refractivity contribution < 1.29 is 24.0 Å². The van der Waals surface area contributed by atoms with E-state index in [0.717, 1.165) is 25.1 Å². The Bertz CT molecular complexity index is 598. The molecule has 0 aromatic heterocycles. The Hall–Kier alpha value is -2.81. The summed E-state index contributed by atoms with van der Waals surface area (Å²) in [4.78, 5) is 43.6. The lowest BCUT2D eigenvalue weighted by Crippen LogP contribution is -2.39. The van der Waals surface area contributed by atoms with E-state index >= 15 is 0 Å². The third-order valence-corrected chi connectivity index (χ3v) is 2.35. The lowest BCUT2D eigenvalue weighted by Gasteiger charge is -2.07. The van der Waals surface area contributed by atoms with E-state index in [1.165, 1.54) is 0 Å². The maximum atomic E-state index is 11.6. The number of ketones is 1. The fourth-order valence-electron chi connectivity index (χ4n) is 1.21. The minimum atomic E-state index is -1.58. The number of ether oxygens (including phenoxy) is 1. The number of nitrogens with two attached hydrogens (primary N) is 2. The first kappa shape index (κ1) is 15.2. The van der Waals surface area contributed by atoms with E-state index in [-0.39, 0.29) is 11.3 Å². The van der Waals surface area contributed by atoms with Crippen molar-refractivity contribution >= 4 is 29.1 Å². The van der Waals surface area contributed by atoms with Gasteiger partial charge in [0.2, 0.25) is 0 Å². The highest BCUT2D eigenvalue weighted by Crippen LogP contribution is 2.22. The first-order valence-electron chi connectivity index (χ1n) is 5.30. The van der Waals surface area contributed by atoms with Crippen LogP contribution >= 0.6 is 0 Å². The molecule has 0 spiro atoms. The molecule has 0 radical (unpaired) electrons. The van der Waals surface area contributed by atoms with Gasteiger partial charge in [-0.25, -0.2) is 9.59 Å². The van der Waals surface area contributed by atoms with Gasteiger partial charge in [0.15, 0.2) is 11.8 Å². The van der Waals surface area contributed by atoms with Gasteiger partial charge in [-0.2, -0.15) is 0 Å². The van der Waals surface area contributed by atoms with Crippen molar-refractivity contribution in [3.05, 3.63) is 33.9 Å². The van der Waals surface area contributed by atoms with Crippen molar-refractivity contribution in [3.63, 3.8) is 0 Å². The molecule has 0 bridgehead atoms. The largest absolute Gasteiger partial charge is 0.393 e. The van der Waals surface area contributed by atoms with E-state index in [1.54, 1.807) is 0 Å². The zero-order chi connectivity index (χ0) is 15.4. The number of anilines is 1. The average Bonchev–Trinajstić information content (AvgIpc) is 2.37. The summed E-state index contributed by atoms with van der Waals surface area (Å²) in [6.45, 7) is 1.06. The fourth-order valence-corrected chi connectivity index (χ4v) is 1.21. The lowest BCUT2D eigenvalue weighted by molar-refractivity contribution is -0.383. The zero-order valence-electron chi connectivity index (χ0n) is 10.4. The molecule has 0 aliphatic carbocycles. The van der Waals surface area contributed by atoms with Crippen molar-refractivity contribution in [2.75, 3.05) is 5.73 Å². The highest BCUT2D eigenvalue weighted by atomic mass is 16.6. The highest BCUT2D eigenvalue weighted by molar-refractivity contribution is 6.07. The summed E-state index contributed by atoms with van der Waals surface area (Å²) in [5.41, 5.74) is 9.65. The van der Waals surface area contributed by atoms with E-state index in [2.05, 4.69) is 4.74 Å². The van der Waals surface area contributed by atoms with Gasteiger partial charge in [0.1, 0.15) is 5.69 Å². The highest BCUT2D eigenvalue weighted by Gasteiger charge is 2.24. The molecule has 0 saturated heterocycles. The van der Waals surface area contributed by atoms with Crippen LogP contribution in [0.5, 0.6) is 0 Å². The molecule has 9 heteroatoms. The first-order valence-corrected chi connectivity index (χ1v) is 5.30. The second kappa shape index (κ2) is 5.89. The molecule has 20 heavy (non-hydrogen) atoms. The number of hydrogen-bond donors (Lipinski definition) is 2. The number of nitrogen functional groups attached to an aromatic ring is 1. The molecule has 1 aromatic rings. The van der Waals surface area contributed by atoms with Crippen LogP contribution in [0.15, 0.2) is 18.2 Å². The van der Waals surface area contributed by atoms with Gasteiger partial charge in [0.25, 0.3) is 5.69 Å². The molecule has 1 rings (SSSR count). The summed E-state index contributed by atoms with van der Waals surface area (Å²) in [7, 11) is 0. The molecule has 106 valence electrons. The van der Waals surface area contributed by atoms with Crippen LogP contribution in [0.2, 0.25) is 0 Å². The summed E-state index contributed by atoms with van der Waals surface area (Å²) >= 11 is 0. The van der Waals surface area contributed by atoms with Gasteiger partial charge in [-0.15, -0.1) is 0 Å². The maximum Gasteiger partial charge on any atom is 0.346 e. The van der Waals surface area contributed by atoms with Crippen molar-refractivity contribution in [2.24, 2.45) is 5.73 Å². The molecule has 0 amide bonds. The molecule has 1 aromatic carbocycles.